The lowest BCUT2D eigenvalue weighted by Crippen LogP contribution is -2.46. The average molecular weight is 207 g/mol. The highest BCUT2D eigenvalue weighted by Gasteiger charge is 2.43. The van der Waals surface area contributed by atoms with Crippen LogP contribution in [-0.2, 0) is 4.74 Å². The Kier molecular flexibility index (Phi) is 1.99. The molecule has 1 atom stereocenters. The van der Waals surface area contributed by atoms with E-state index in [1.165, 1.54) is 19.3 Å². The van der Waals surface area contributed by atoms with Crippen molar-refractivity contribution >= 4 is 5.82 Å². The fourth-order valence-electron chi connectivity index (χ4n) is 2.70. The van der Waals surface area contributed by atoms with Crippen molar-refractivity contribution in [1.29, 1.82) is 0 Å². The molecule has 2 fully saturated rings. The SMILES string of the molecule is Nc1ccn(C2CCOC3(CCC3)C2)n1. The lowest BCUT2D eigenvalue weighted by atomic mass is 9.74. The van der Waals surface area contributed by atoms with E-state index in [0.717, 1.165) is 19.4 Å². The van der Waals surface area contributed by atoms with Gasteiger partial charge in [-0.05, 0) is 38.2 Å². The molecule has 1 spiro atoms. The number of hydrogen-bond donors (Lipinski definition) is 1. The second-order valence-electron chi connectivity index (χ2n) is 4.75. The summed E-state index contributed by atoms with van der Waals surface area (Å²) < 4.78 is 7.90. The Balaban J connectivity index is 1.76. The van der Waals surface area contributed by atoms with Gasteiger partial charge in [0, 0.05) is 12.8 Å². The highest BCUT2D eigenvalue weighted by molar-refractivity contribution is 5.24. The summed E-state index contributed by atoms with van der Waals surface area (Å²) in [5.74, 6) is 0.615. The predicted octanol–water partition coefficient (Wildman–Crippen LogP) is 1.74. The molecule has 2 N–H and O–H groups in total. The molecule has 1 saturated carbocycles. The molecule has 0 amide bonds. The van der Waals surface area contributed by atoms with Crippen molar-refractivity contribution in [3.63, 3.8) is 0 Å². The van der Waals surface area contributed by atoms with E-state index in [1.54, 1.807) is 0 Å². The van der Waals surface area contributed by atoms with Crippen molar-refractivity contribution in [2.45, 2.75) is 43.7 Å². The summed E-state index contributed by atoms with van der Waals surface area (Å²) in [7, 11) is 0. The fourth-order valence-corrected chi connectivity index (χ4v) is 2.70. The van der Waals surface area contributed by atoms with Crippen LogP contribution in [0.3, 0.4) is 0 Å². The number of nitrogens with zero attached hydrogens (tertiary/aromatic N) is 2. The monoisotopic (exact) mass is 207 g/mol. The number of hydrogen-bond acceptors (Lipinski definition) is 3. The van der Waals surface area contributed by atoms with Crippen molar-refractivity contribution in [3.8, 4) is 0 Å². The van der Waals surface area contributed by atoms with E-state index in [1.807, 2.05) is 16.9 Å². The molecule has 1 aliphatic heterocycles. The van der Waals surface area contributed by atoms with Gasteiger partial charge < -0.3 is 10.5 Å². The van der Waals surface area contributed by atoms with E-state index in [9.17, 15) is 0 Å². The quantitative estimate of drug-likeness (QED) is 0.763. The third-order valence-corrected chi connectivity index (χ3v) is 3.73. The maximum atomic E-state index is 5.89. The molecule has 4 heteroatoms. The summed E-state index contributed by atoms with van der Waals surface area (Å²) in [6.45, 7) is 0.866. The lowest BCUT2D eigenvalue weighted by Gasteiger charge is -2.47. The molecule has 4 nitrogen and oxygen atoms in total. The zero-order valence-electron chi connectivity index (χ0n) is 8.85. The minimum absolute atomic E-state index is 0.184. The summed E-state index contributed by atoms with van der Waals surface area (Å²) in [4.78, 5) is 0. The molecule has 1 aromatic heterocycles. The van der Waals surface area contributed by atoms with Gasteiger partial charge in [0.2, 0.25) is 0 Å². The van der Waals surface area contributed by atoms with E-state index in [0.29, 0.717) is 11.9 Å². The van der Waals surface area contributed by atoms with E-state index in [2.05, 4.69) is 5.10 Å². The van der Waals surface area contributed by atoms with Crippen LogP contribution < -0.4 is 5.73 Å². The third-order valence-electron chi connectivity index (χ3n) is 3.73. The first-order valence-corrected chi connectivity index (χ1v) is 5.72. The van der Waals surface area contributed by atoms with Crippen LogP contribution in [-0.4, -0.2) is 22.0 Å². The number of aromatic nitrogens is 2. The lowest BCUT2D eigenvalue weighted by molar-refractivity contribution is -0.141. The maximum absolute atomic E-state index is 5.89. The zero-order valence-corrected chi connectivity index (χ0v) is 8.85. The molecule has 0 bridgehead atoms. The van der Waals surface area contributed by atoms with Gasteiger partial charge in [-0.25, -0.2) is 0 Å². The second kappa shape index (κ2) is 3.23. The Morgan fingerprint density at radius 3 is 3.00 bits per heavy atom. The van der Waals surface area contributed by atoms with Gasteiger partial charge in [0.15, 0.2) is 0 Å². The molecule has 1 saturated heterocycles. The van der Waals surface area contributed by atoms with Gasteiger partial charge in [0.1, 0.15) is 5.82 Å². The fraction of sp³-hybridized carbons (Fsp3) is 0.727. The summed E-state index contributed by atoms with van der Waals surface area (Å²) in [5, 5.41) is 4.30. The molecule has 1 aliphatic carbocycles. The Hall–Kier alpha value is -1.03. The third kappa shape index (κ3) is 1.53. The van der Waals surface area contributed by atoms with Crippen LogP contribution in [0.1, 0.15) is 38.1 Å². The van der Waals surface area contributed by atoms with Gasteiger partial charge in [0.05, 0.1) is 11.6 Å². The number of nitrogens with two attached hydrogens (primary N) is 1. The first-order valence-electron chi connectivity index (χ1n) is 5.72. The van der Waals surface area contributed by atoms with Crippen LogP contribution in [0.2, 0.25) is 0 Å². The highest BCUT2D eigenvalue weighted by Crippen LogP contribution is 2.45. The van der Waals surface area contributed by atoms with Crippen molar-refractivity contribution in [1.82, 2.24) is 9.78 Å². The van der Waals surface area contributed by atoms with Gasteiger partial charge in [0.25, 0.3) is 0 Å². The summed E-state index contributed by atoms with van der Waals surface area (Å²) in [5.41, 5.74) is 5.82. The second-order valence-corrected chi connectivity index (χ2v) is 4.75. The number of ether oxygens (including phenoxy) is 1. The van der Waals surface area contributed by atoms with Crippen LogP contribution in [0, 0.1) is 0 Å². The number of anilines is 1. The first-order chi connectivity index (χ1) is 7.27. The number of rotatable bonds is 1. The normalized spacial score (nSPS) is 28.9. The van der Waals surface area contributed by atoms with Crippen molar-refractivity contribution in [2.75, 3.05) is 12.3 Å². The highest BCUT2D eigenvalue weighted by atomic mass is 16.5. The minimum Gasteiger partial charge on any atom is -0.382 e. The molecular weight excluding hydrogens is 190 g/mol. The topological polar surface area (TPSA) is 53.1 Å². The largest absolute Gasteiger partial charge is 0.382 e. The molecular formula is C11H17N3O. The number of nitrogen functional groups attached to an aromatic ring is 1. The minimum atomic E-state index is 0.184. The molecule has 1 unspecified atom stereocenters. The molecule has 2 aliphatic rings. The molecule has 2 heterocycles. The maximum Gasteiger partial charge on any atom is 0.145 e. The molecule has 0 aromatic carbocycles. The summed E-state index contributed by atoms with van der Waals surface area (Å²) >= 11 is 0. The van der Waals surface area contributed by atoms with E-state index < -0.39 is 0 Å². The van der Waals surface area contributed by atoms with Crippen molar-refractivity contribution in [2.24, 2.45) is 0 Å². The van der Waals surface area contributed by atoms with Gasteiger partial charge in [-0.1, -0.05) is 0 Å². The standard InChI is InChI=1S/C11H17N3O/c12-10-2-6-14(13-10)9-3-7-15-11(8-9)4-1-5-11/h2,6,9H,1,3-5,7-8H2,(H2,12,13). The first kappa shape index (κ1) is 9.21. The van der Waals surface area contributed by atoms with Gasteiger partial charge in [-0.2, -0.15) is 5.10 Å². The van der Waals surface area contributed by atoms with E-state index in [4.69, 9.17) is 10.5 Å². The Labute approximate surface area is 89.4 Å². The average Bonchev–Trinajstić information content (AvgIpc) is 2.63. The van der Waals surface area contributed by atoms with E-state index >= 15 is 0 Å². The van der Waals surface area contributed by atoms with Crippen LogP contribution in [0.4, 0.5) is 5.82 Å². The Bertz CT molecular complexity index is 356. The zero-order chi connectivity index (χ0) is 10.3. The van der Waals surface area contributed by atoms with Crippen LogP contribution in [0.15, 0.2) is 12.3 Å². The van der Waals surface area contributed by atoms with Crippen LogP contribution in [0.25, 0.3) is 0 Å². The van der Waals surface area contributed by atoms with Crippen molar-refractivity contribution in [3.05, 3.63) is 12.3 Å². The Morgan fingerprint density at radius 2 is 2.40 bits per heavy atom. The molecule has 3 rings (SSSR count). The van der Waals surface area contributed by atoms with E-state index in [-0.39, 0.29) is 5.60 Å². The predicted molar refractivity (Wildman–Crippen MR) is 57.4 cm³/mol. The summed E-state index contributed by atoms with van der Waals surface area (Å²) in [6, 6.07) is 2.35. The molecule has 82 valence electrons. The van der Waals surface area contributed by atoms with Crippen molar-refractivity contribution < 1.29 is 4.74 Å². The van der Waals surface area contributed by atoms with Gasteiger partial charge in [-0.15, -0.1) is 0 Å². The van der Waals surface area contributed by atoms with Crippen LogP contribution in [0.5, 0.6) is 0 Å². The molecule has 0 radical (unpaired) electrons. The summed E-state index contributed by atoms with van der Waals surface area (Å²) in [6.07, 6.45) is 7.91. The smallest absolute Gasteiger partial charge is 0.145 e. The molecule has 15 heavy (non-hydrogen) atoms. The van der Waals surface area contributed by atoms with Gasteiger partial charge in [-0.3, -0.25) is 4.68 Å². The Morgan fingerprint density at radius 1 is 1.53 bits per heavy atom. The van der Waals surface area contributed by atoms with Crippen LogP contribution >= 0.6 is 0 Å². The molecule has 1 aromatic rings. The van der Waals surface area contributed by atoms with Gasteiger partial charge >= 0.3 is 0 Å².